The van der Waals surface area contributed by atoms with Crippen LogP contribution in [0.5, 0.6) is 0 Å². The first-order chi connectivity index (χ1) is 45.5. The van der Waals surface area contributed by atoms with E-state index < -0.39 is 91.7 Å². The van der Waals surface area contributed by atoms with Gasteiger partial charge < -0.3 is 0 Å². The van der Waals surface area contributed by atoms with Gasteiger partial charge in [-0.15, -0.1) is 0 Å². The zero-order valence-electron chi connectivity index (χ0n) is 71.2. The molecule has 0 radical (unpaired) electrons. The summed E-state index contributed by atoms with van der Waals surface area (Å²) in [5, 5.41) is 0. The summed E-state index contributed by atoms with van der Waals surface area (Å²) in [6.07, 6.45) is -5.95. The summed E-state index contributed by atoms with van der Waals surface area (Å²) < 4.78 is 257. The van der Waals surface area contributed by atoms with Crippen molar-refractivity contribution in [1.82, 2.24) is 0 Å². The average molecular weight is 1530 g/mol. The molecule has 0 bridgehead atoms. The summed E-state index contributed by atoms with van der Waals surface area (Å²) in [6.45, 7) is 57.0. The van der Waals surface area contributed by atoms with E-state index in [1.807, 2.05) is 69.2 Å². The molecule has 103 heavy (non-hydrogen) atoms. The Morgan fingerprint density at radius 3 is 0.631 bits per heavy atom. The van der Waals surface area contributed by atoms with Crippen molar-refractivity contribution in [1.29, 1.82) is 0 Å². The lowest BCUT2D eigenvalue weighted by Crippen LogP contribution is -2.57. The summed E-state index contributed by atoms with van der Waals surface area (Å²) in [7, 11) is 0. The predicted molar refractivity (Wildman–Crippen MR) is 396 cm³/mol. The molecule has 0 atom stereocenters. The van der Waals surface area contributed by atoms with Gasteiger partial charge in [-0.3, -0.25) is 0 Å². The largest absolute Gasteiger partial charge is 0.395 e. The summed E-state index contributed by atoms with van der Waals surface area (Å²) in [5.41, 5.74) is -11.2. The lowest BCUT2D eigenvalue weighted by Gasteiger charge is -2.57. The van der Waals surface area contributed by atoms with Crippen molar-refractivity contribution in [3.63, 3.8) is 0 Å². The summed E-state index contributed by atoms with van der Waals surface area (Å²) in [4.78, 5) is 0. The van der Waals surface area contributed by atoms with Crippen molar-refractivity contribution in [2.75, 3.05) is 0 Å². The maximum atomic E-state index is 13.8. The molecule has 4 aliphatic carbocycles. The Bertz CT molecular complexity index is 2090. The smallest absolute Gasteiger partial charge is 0.244 e. The van der Waals surface area contributed by atoms with Crippen LogP contribution in [-0.4, -0.2) is 48.4 Å². The van der Waals surface area contributed by atoms with Gasteiger partial charge in [-0.05, 0) is 187 Å². The first-order valence-corrected chi connectivity index (χ1v) is 39.3. The standard InChI is InChI=1S/C15H29F3.C13H25F3.C10H17F3.C9H17F3.C9H17F.C8H13F3.C7H13F3.C7H13F.C5H12/c1-8-12(5,9-2)14(7,15(16,17)18)13(6,10-3)11-4;1-6-10(7-2)12(5,13(14,15)16)11(8-3)9-4;1-8(2)4-6-9(3,7-5-8)10(11,12)13;1-6(2)8(5,7(3)4)9(10,11)12;1-8(2)4-6-9(3,10)7-5-8;1-7(8(9,10)11)5-3-2-4-6-7;1-4-6(3,5-2)7(8,9)10;1-7(8)5-3-2-4-6-7;1-5(2,3)4/h8-11H2,1-7H3;10-11H,6-9H2,1-5H3;4-7H2,1-3H3;6-7H,1-5H3;4-7H2,1-3H3;2-6H2,1H3;4-5H2,1-3H3;2-6H2,1H3;1-4H3. The molecule has 0 unspecified atom stereocenters. The van der Waals surface area contributed by atoms with Gasteiger partial charge in [0.05, 0.1) is 32.5 Å². The molecule has 0 aromatic heterocycles. The third kappa shape index (κ3) is 34.4. The van der Waals surface area contributed by atoms with Gasteiger partial charge in [0, 0.05) is 0 Å². The van der Waals surface area contributed by atoms with Crippen molar-refractivity contribution in [3.8, 4) is 0 Å². The Morgan fingerprint density at radius 2 is 0.495 bits per heavy atom. The molecule has 4 saturated carbocycles. The molecule has 4 rings (SSSR count). The van der Waals surface area contributed by atoms with Crippen molar-refractivity contribution in [2.24, 2.45) is 83.2 Å². The SMILES string of the molecule is CC(C)(C)C.CC(C)C(C)(C(C)C)C(F)(F)F.CC1(C(F)(F)F)CCCCC1.CC1(C)CCC(C)(C(F)(F)F)CC1.CC1(C)CCC(C)(F)CC1.CC1(F)CCCCC1.CCC(C)(CC)C(C)(C(F)(F)F)C(C)(CC)CC.CCC(C)(CC)C(F)(F)F.CCC(CC)C(C)(C(CC)CC)C(F)(F)F. The minimum atomic E-state index is -4.17. The van der Waals surface area contributed by atoms with E-state index in [4.69, 9.17) is 0 Å². The van der Waals surface area contributed by atoms with E-state index in [1.54, 1.807) is 69.2 Å². The molecule has 20 heteroatoms. The summed E-state index contributed by atoms with van der Waals surface area (Å²) >= 11 is 0. The van der Waals surface area contributed by atoms with E-state index in [0.717, 1.165) is 70.6 Å². The van der Waals surface area contributed by atoms with E-state index >= 15 is 0 Å². The Balaban J connectivity index is -0.000000355. The van der Waals surface area contributed by atoms with Crippen LogP contribution in [0.25, 0.3) is 0 Å². The quantitative estimate of drug-likeness (QED) is 0.135. The molecule has 0 N–H and O–H groups in total. The molecule has 0 amide bonds. The summed E-state index contributed by atoms with van der Waals surface area (Å²) in [5.74, 6) is -1.29. The number of halogens is 20. The predicted octanol–water partition coefficient (Wildman–Crippen LogP) is 34.6. The highest BCUT2D eigenvalue weighted by Gasteiger charge is 2.67. The lowest BCUT2D eigenvalue weighted by molar-refractivity contribution is -0.301. The van der Waals surface area contributed by atoms with Crippen molar-refractivity contribution in [2.45, 2.75) is 450 Å². The van der Waals surface area contributed by atoms with Crippen molar-refractivity contribution >= 4 is 0 Å². The zero-order chi connectivity index (χ0) is 83.6. The van der Waals surface area contributed by atoms with Crippen molar-refractivity contribution in [3.05, 3.63) is 0 Å². The van der Waals surface area contributed by atoms with Gasteiger partial charge in [-0.2, -0.15) is 79.0 Å². The third-order valence-corrected chi connectivity index (χ3v) is 26.2. The molecule has 0 spiro atoms. The highest BCUT2D eigenvalue weighted by Crippen LogP contribution is 2.65. The van der Waals surface area contributed by atoms with Gasteiger partial charge in [0.15, 0.2) is 0 Å². The Labute approximate surface area is 618 Å². The van der Waals surface area contributed by atoms with Crippen LogP contribution >= 0.6 is 0 Å². The minimum absolute atomic E-state index is 0.102. The van der Waals surface area contributed by atoms with E-state index in [9.17, 15) is 87.8 Å². The fourth-order valence-electron chi connectivity index (χ4n) is 14.5. The zero-order valence-corrected chi connectivity index (χ0v) is 71.2. The molecule has 0 saturated heterocycles. The molecule has 0 aromatic carbocycles. The molecular weight excluding hydrogens is 1380 g/mol. The first kappa shape index (κ1) is 110. The molecule has 628 valence electrons. The van der Waals surface area contributed by atoms with Gasteiger partial charge in [0.25, 0.3) is 0 Å². The van der Waals surface area contributed by atoms with Crippen LogP contribution in [0, 0.1) is 83.2 Å². The number of alkyl halides is 20. The second-order valence-corrected chi connectivity index (χ2v) is 37.2. The maximum Gasteiger partial charge on any atom is 0.395 e. The lowest BCUT2D eigenvalue weighted by atomic mass is 9.49. The maximum absolute atomic E-state index is 13.8. The van der Waals surface area contributed by atoms with Gasteiger partial charge in [-0.1, -0.05) is 265 Å². The second-order valence-electron chi connectivity index (χ2n) is 37.2. The summed E-state index contributed by atoms with van der Waals surface area (Å²) in [6, 6.07) is 0. The van der Waals surface area contributed by atoms with Crippen LogP contribution in [-0.2, 0) is 0 Å². The first-order valence-electron chi connectivity index (χ1n) is 39.3. The van der Waals surface area contributed by atoms with E-state index in [0.29, 0.717) is 87.9 Å². The molecule has 0 nitrogen and oxygen atoms in total. The Morgan fingerprint density at radius 1 is 0.272 bits per heavy atom. The van der Waals surface area contributed by atoms with Gasteiger partial charge in [0.1, 0.15) is 11.3 Å². The van der Waals surface area contributed by atoms with Crippen LogP contribution in [0.3, 0.4) is 0 Å². The number of rotatable bonds is 16. The molecule has 0 heterocycles. The second kappa shape index (κ2) is 42.9. The molecular formula is C83H156F20. The van der Waals surface area contributed by atoms with Crippen LogP contribution in [0.2, 0.25) is 0 Å². The number of hydrogen-bond acceptors (Lipinski definition) is 0. The van der Waals surface area contributed by atoms with E-state index in [-0.39, 0.29) is 54.8 Å². The number of hydrogen-bond donors (Lipinski definition) is 0. The fourth-order valence-corrected chi connectivity index (χ4v) is 14.5. The van der Waals surface area contributed by atoms with Crippen LogP contribution in [0.15, 0.2) is 0 Å². The topological polar surface area (TPSA) is 0 Å². The molecule has 4 fully saturated rings. The highest BCUT2D eigenvalue weighted by atomic mass is 19.4. The van der Waals surface area contributed by atoms with Gasteiger partial charge in [-0.25, -0.2) is 8.78 Å². The Kier molecular flexibility index (Phi) is 45.8. The van der Waals surface area contributed by atoms with Crippen LogP contribution < -0.4 is 0 Å². The van der Waals surface area contributed by atoms with Gasteiger partial charge in [0.2, 0.25) is 0 Å². The highest BCUT2D eigenvalue weighted by molar-refractivity contribution is 5.05. The monoisotopic (exact) mass is 1530 g/mol. The Hall–Kier alpha value is -1.40. The van der Waals surface area contributed by atoms with Crippen LogP contribution in [0.1, 0.15) is 401 Å². The molecule has 0 aromatic rings. The van der Waals surface area contributed by atoms with Gasteiger partial charge >= 0.3 is 37.1 Å². The van der Waals surface area contributed by atoms with E-state index in [2.05, 4.69) is 41.5 Å². The normalized spacial score (nSPS) is 19.6. The molecule has 4 aliphatic rings. The molecule has 0 aliphatic heterocycles. The average Bonchev–Trinajstić information content (AvgIpc) is 0.724. The van der Waals surface area contributed by atoms with Crippen molar-refractivity contribution < 1.29 is 87.8 Å². The van der Waals surface area contributed by atoms with Crippen LogP contribution in [0.4, 0.5) is 87.8 Å². The van der Waals surface area contributed by atoms with E-state index in [1.165, 1.54) is 48.0 Å². The minimum Gasteiger partial charge on any atom is -0.244 e. The third-order valence-electron chi connectivity index (χ3n) is 26.2. The fraction of sp³-hybridized carbons (Fsp3) is 1.00.